The second kappa shape index (κ2) is 13.4. The first-order valence-corrected chi connectivity index (χ1v) is 12.0. The van der Waals surface area contributed by atoms with Crippen LogP contribution in [-0.4, -0.2) is 77.8 Å². The van der Waals surface area contributed by atoms with Gasteiger partial charge in [0.25, 0.3) is 5.91 Å². The standard InChI is InChI=1S/C26H36FN7O3/c1-7-21-16(2)30-25(23(32-21)24(28)36)31-20-14-18(13-19(27)15-20)10-11-29-26(37)17(3)34(6)22(35)9-8-12-33(4)5/h8-9,13-15,17H,7,10-12H2,1-6H3,(H2,28,36)(H,29,37)(H,30,31)/b9-8+/t17-/m0/s1. The molecule has 0 spiro atoms. The maximum atomic E-state index is 14.3. The minimum atomic E-state index is -0.741. The number of nitrogens with one attached hydrogen (secondary N) is 2. The van der Waals surface area contributed by atoms with Gasteiger partial charge < -0.3 is 26.2 Å². The number of nitrogens with zero attached hydrogens (tertiary/aromatic N) is 4. The number of halogens is 1. The van der Waals surface area contributed by atoms with Gasteiger partial charge in [-0.15, -0.1) is 0 Å². The molecular formula is C26H36FN7O3. The van der Waals surface area contributed by atoms with Gasteiger partial charge in [-0.2, -0.15) is 0 Å². The molecule has 0 unspecified atom stereocenters. The van der Waals surface area contributed by atoms with E-state index in [1.54, 1.807) is 33.0 Å². The summed E-state index contributed by atoms with van der Waals surface area (Å²) in [6.07, 6.45) is 4.10. The van der Waals surface area contributed by atoms with Crippen molar-refractivity contribution >= 4 is 29.2 Å². The smallest absolute Gasteiger partial charge is 0.271 e. The van der Waals surface area contributed by atoms with Crippen LogP contribution in [0.15, 0.2) is 30.4 Å². The van der Waals surface area contributed by atoms with Crippen molar-refractivity contribution in [2.75, 3.05) is 39.5 Å². The normalized spacial score (nSPS) is 12.0. The van der Waals surface area contributed by atoms with Crippen molar-refractivity contribution in [2.24, 2.45) is 5.73 Å². The van der Waals surface area contributed by atoms with Crippen LogP contribution >= 0.6 is 0 Å². The molecule has 2 aromatic rings. The van der Waals surface area contributed by atoms with Gasteiger partial charge in [-0.25, -0.2) is 14.4 Å². The predicted octanol–water partition coefficient (Wildman–Crippen LogP) is 1.95. The lowest BCUT2D eigenvalue weighted by Crippen LogP contribution is -2.45. The number of hydrogen-bond acceptors (Lipinski definition) is 7. The zero-order chi connectivity index (χ0) is 27.7. The Bertz CT molecular complexity index is 1170. The van der Waals surface area contributed by atoms with E-state index in [1.807, 2.05) is 25.9 Å². The van der Waals surface area contributed by atoms with Crippen LogP contribution in [-0.2, 0) is 22.4 Å². The van der Waals surface area contributed by atoms with E-state index in [2.05, 4.69) is 20.6 Å². The van der Waals surface area contributed by atoms with Crippen LogP contribution < -0.4 is 16.4 Å². The molecule has 11 heteroatoms. The van der Waals surface area contributed by atoms with E-state index < -0.39 is 17.8 Å². The number of primary amides is 1. The van der Waals surface area contributed by atoms with Crippen LogP contribution in [0, 0.1) is 12.7 Å². The molecule has 0 bridgehead atoms. The molecule has 200 valence electrons. The summed E-state index contributed by atoms with van der Waals surface area (Å²) in [6, 6.07) is 3.64. The van der Waals surface area contributed by atoms with Crippen molar-refractivity contribution < 1.29 is 18.8 Å². The number of hydrogen-bond donors (Lipinski definition) is 3. The zero-order valence-corrected chi connectivity index (χ0v) is 22.3. The van der Waals surface area contributed by atoms with Crippen molar-refractivity contribution in [1.29, 1.82) is 0 Å². The van der Waals surface area contributed by atoms with E-state index in [0.717, 1.165) is 0 Å². The molecule has 0 saturated carbocycles. The Morgan fingerprint density at radius 3 is 2.49 bits per heavy atom. The number of carbonyl (C=O) groups is 3. The van der Waals surface area contributed by atoms with Gasteiger partial charge in [-0.1, -0.05) is 13.0 Å². The molecule has 37 heavy (non-hydrogen) atoms. The fraction of sp³-hybridized carbons (Fsp3) is 0.423. The molecule has 0 fully saturated rings. The van der Waals surface area contributed by atoms with Gasteiger partial charge in [-0.05, 0) is 64.5 Å². The highest BCUT2D eigenvalue weighted by Crippen LogP contribution is 2.22. The average molecular weight is 514 g/mol. The topological polar surface area (TPSA) is 134 Å². The SMILES string of the molecule is CCc1nc(C(N)=O)c(Nc2cc(F)cc(CCNC(=O)[C@H](C)N(C)C(=O)/C=C/CN(C)C)c2)nc1C. The lowest BCUT2D eigenvalue weighted by atomic mass is 10.1. The second-order valence-electron chi connectivity index (χ2n) is 8.97. The fourth-order valence-electron chi connectivity index (χ4n) is 3.48. The first-order chi connectivity index (χ1) is 17.4. The Balaban J connectivity index is 2.04. The van der Waals surface area contributed by atoms with E-state index >= 15 is 0 Å². The summed E-state index contributed by atoms with van der Waals surface area (Å²) >= 11 is 0. The molecule has 4 N–H and O–H groups in total. The van der Waals surface area contributed by atoms with Crippen molar-refractivity contribution in [3.05, 3.63) is 58.8 Å². The van der Waals surface area contributed by atoms with Gasteiger partial charge >= 0.3 is 0 Å². The van der Waals surface area contributed by atoms with Crippen molar-refractivity contribution in [1.82, 2.24) is 25.1 Å². The number of amides is 3. The Kier molecular flexibility index (Phi) is 10.7. The number of rotatable bonds is 12. The number of aryl methyl sites for hydroxylation is 2. The molecule has 0 aliphatic rings. The third-order valence-electron chi connectivity index (χ3n) is 5.71. The molecule has 1 aromatic heterocycles. The summed E-state index contributed by atoms with van der Waals surface area (Å²) in [5.74, 6) is -1.68. The summed E-state index contributed by atoms with van der Waals surface area (Å²) in [5.41, 5.74) is 7.72. The number of nitrogens with two attached hydrogens (primary N) is 1. The molecule has 1 atom stereocenters. The molecule has 0 aliphatic heterocycles. The van der Waals surface area contributed by atoms with Gasteiger partial charge in [0.15, 0.2) is 11.5 Å². The lowest BCUT2D eigenvalue weighted by Gasteiger charge is -2.23. The van der Waals surface area contributed by atoms with Crippen LogP contribution in [0.5, 0.6) is 0 Å². The van der Waals surface area contributed by atoms with Crippen LogP contribution in [0.25, 0.3) is 0 Å². The molecular weight excluding hydrogens is 477 g/mol. The molecule has 1 heterocycles. The zero-order valence-electron chi connectivity index (χ0n) is 22.3. The Hall–Kier alpha value is -3.86. The van der Waals surface area contributed by atoms with Crippen molar-refractivity contribution in [3.63, 3.8) is 0 Å². The molecule has 3 amide bonds. The van der Waals surface area contributed by atoms with Gasteiger partial charge in [0.2, 0.25) is 11.8 Å². The number of benzene rings is 1. The van der Waals surface area contributed by atoms with E-state index in [4.69, 9.17) is 5.73 Å². The Morgan fingerprint density at radius 2 is 1.86 bits per heavy atom. The summed E-state index contributed by atoms with van der Waals surface area (Å²) in [4.78, 5) is 48.6. The third kappa shape index (κ3) is 8.64. The number of aromatic nitrogens is 2. The quantitative estimate of drug-likeness (QED) is 0.370. The first kappa shape index (κ1) is 29.4. The molecule has 0 radical (unpaired) electrons. The van der Waals surface area contributed by atoms with Crippen LogP contribution in [0.1, 0.15) is 41.3 Å². The van der Waals surface area contributed by atoms with Gasteiger partial charge in [0, 0.05) is 31.9 Å². The molecule has 0 saturated heterocycles. The van der Waals surface area contributed by atoms with Crippen molar-refractivity contribution in [2.45, 2.75) is 39.7 Å². The monoisotopic (exact) mass is 513 g/mol. The number of anilines is 2. The van der Waals surface area contributed by atoms with Crippen LogP contribution in [0.2, 0.25) is 0 Å². The highest BCUT2D eigenvalue weighted by molar-refractivity contribution is 5.96. The third-order valence-corrected chi connectivity index (χ3v) is 5.71. The largest absolute Gasteiger partial charge is 0.364 e. The van der Waals surface area contributed by atoms with Crippen LogP contribution in [0.4, 0.5) is 15.9 Å². The number of likely N-dealkylation sites (N-methyl/N-ethyl adjacent to an activating group) is 2. The van der Waals surface area contributed by atoms with Gasteiger partial charge in [0.1, 0.15) is 11.9 Å². The summed E-state index contributed by atoms with van der Waals surface area (Å²) in [7, 11) is 5.35. The fourth-order valence-corrected chi connectivity index (χ4v) is 3.48. The van der Waals surface area contributed by atoms with Gasteiger partial charge in [0.05, 0.1) is 11.4 Å². The minimum Gasteiger partial charge on any atom is -0.364 e. The van der Waals surface area contributed by atoms with E-state index in [0.29, 0.717) is 42.0 Å². The lowest BCUT2D eigenvalue weighted by molar-refractivity contribution is -0.135. The molecule has 10 nitrogen and oxygen atoms in total. The first-order valence-electron chi connectivity index (χ1n) is 12.0. The predicted molar refractivity (Wildman–Crippen MR) is 141 cm³/mol. The maximum absolute atomic E-state index is 14.3. The Labute approximate surface area is 217 Å². The highest BCUT2D eigenvalue weighted by atomic mass is 19.1. The average Bonchev–Trinajstić information content (AvgIpc) is 2.82. The molecule has 0 aliphatic carbocycles. The summed E-state index contributed by atoms with van der Waals surface area (Å²) in [6.45, 7) is 6.16. The van der Waals surface area contributed by atoms with Crippen molar-refractivity contribution in [3.8, 4) is 0 Å². The second-order valence-corrected chi connectivity index (χ2v) is 8.97. The van der Waals surface area contributed by atoms with Crippen LogP contribution in [0.3, 0.4) is 0 Å². The van der Waals surface area contributed by atoms with E-state index in [-0.39, 0.29) is 29.9 Å². The summed E-state index contributed by atoms with van der Waals surface area (Å²) < 4.78 is 14.3. The minimum absolute atomic E-state index is 0.0234. The maximum Gasteiger partial charge on any atom is 0.271 e. The Morgan fingerprint density at radius 1 is 1.16 bits per heavy atom. The van der Waals surface area contributed by atoms with E-state index in [9.17, 15) is 18.8 Å². The van der Waals surface area contributed by atoms with Gasteiger partial charge in [-0.3, -0.25) is 14.4 Å². The number of carbonyl (C=O) groups excluding carboxylic acids is 3. The molecule has 1 aromatic carbocycles. The van der Waals surface area contributed by atoms with E-state index in [1.165, 1.54) is 23.1 Å². The summed E-state index contributed by atoms with van der Waals surface area (Å²) in [5, 5.41) is 5.72. The molecule has 2 rings (SSSR count). The highest BCUT2D eigenvalue weighted by Gasteiger charge is 2.21.